The molecule has 1 rings (SSSR count). The highest BCUT2D eigenvalue weighted by atomic mass is 15.2. The number of hydrogen-bond acceptors (Lipinski definition) is 0. The van der Waals surface area contributed by atoms with E-state index in [-0.39, 0.29) is 0 Å². The largest absolute Gasteiger partial charge is 0.253 e. The summed E-state index contributed by atoms with van der Waals surface area (Å²) in [6.07, 6.45) is 1.21. The Bertz CT molecular complexity index is 355. The van der Waals surface area contributed by atoms with Gasteiger partial charge in [0.25, 0.3) is 5.82 Å². The van der Waals surface area contributed by atoms with E-state index in [2.05, 4.69) is 64.6 Å². The van der Waals surface area contributed by atoms with Crippen molar-refractivity contribution in [2.24, 2.45) is 12.5 Å². The van der Waals surface area contributed by atoms with Gasteiger partial charge in [0.05, 0.1) is 13.1 Å². The van der Waals surface area contributed by atoms with Crippen LogP contribution >= 0.6 is 0 Å². The van der Waals surface area contributed by atoms with Crippen LogP contribution in [0.5, 0.6) is 0 Å². The van der Waals surface area contributed by atoms with Crippen LogP contribution in [-0.2, 0) is 7.05 Å². The second kappa shape index (κ2) is 4.23. The van der Waals surface area contributed by atoms with Crippen molar-refractivity contribution in [1.29, 1.82) is 0 Å². The van der Waals surface area contributed by atoms with Gasteiger partial charge in [0.2, 0.25) is 0 Å². The molecule has 92 valence electrons. The smallest absolute Gasteiger partial charge is 0.234 e. The van der Waals surface area contributed by atoms with Crippen molar-refractivity contribution < 1.29 is 4.57 Å². The van der Waals surface area contributed by atoms with Crippen LogP contribution in [0.2, 0.25) is 0 Å². The molecule has 0 bridgehead atoms. The van der Waals surface area contributed by atoms with Crippen LogP contribution in [-0.4, -0.2) is 4.57 Å². The number of imidazole rings is 1. The molecule has 1 atom stereocenters. The van der Waals surface area contributed by atoms with Crippen molar-refractivity contribution in [2.45, 2.75) is 60.9 Å². The van der Waals surface area contributed by atoms with E-state index >= 15 is 0 Å². The molecule has 0 fully saturated rings. The van der Waals surface area contributed by atoms with Crippen molar-refractivity contribution in [1.82, 2.24) is 4.57 Å². The summed E-state index contributed by atoms with van der Waals surface area (Å²) in [6.45, 7) is 15.9. The van der Waals surface area contributed by atoms with Gasteiger partial charge in [0.1, 0.15) is 11.4 Å². The van der Waals surface area contributed by atoms with Gasteiger partial charge in [-0.15, -0.1) is 0 Å². The van der Waals surface area contributed by atoms with Crippen LogP contribution in [0.15, 0.2) is 0 Å². The molecule has 0 saturated carbocycles. The molecule has 0 aliphatic rings. The lowest BCUT2D eigenvalue weighted by Gasteiger charge is -2.22. The monoisotopic (exact) mass is 223 g/mol. The van der Waals surface area contributed by atoms with Gasteiger partial charge in [-0.05, 0) is 18.8 Å². The lowest BCUT2D eigenvalue weighted by Crippen LogP contribution is -2.33. The fourth-order valence-electron chi connectivity index (χ4n) is 2.69. The van der Waals surface area contributed by atoms with E-state index in [1.165, 1.54) is 23.6 Å². The van der Waals surface area contributed by atoms with Gasteiger partial charge in [-0.1, -0.05) is 20.8 Å². The van der Waals surface area contributed by atoms with E-state index in [0.717, 1.165) is 0 Å². The second-order valence-corrected chi connectivity index (χ2v) is 6.26. The topological polar surface area (TPSA) is 8.81 Å². The van der Waals surface area contributed by atoms with Gasteiger partial charge in [-0.25, -0.2) is 9.13 Å². The summed E-state index contributed by atoms with van der Waals surface area (Å²) in [5, 5.41) is 0. The van der Waals surface area contributed by atoms with Gasteiger partial charge in [-0.3, -0.25) is 0 Å². The molecule has 1 aromatic heterocycles. The molecule has 0 N–H and O–H groups in total. The summed E-state index contributed by atoms with van der Waals surface area (Å²) >= 11 is 0. The Hall–Kier alpha value is -0.790. The minimum Gasteiger partial charge on any atom is -0.234 e. The normalized spacial score (nSPS) is 14.2. The predicted molar refractivity (Wildman–Crippen MR) is 68.6 cm³/mol. The molecule has 0 saturated heterocycles. The van der Waals surface area contributed by atoms with Crippen LogP contribution in [0.25, 0.3) is 0 Å². The molecule has 1 aromatic rings. The Labute approximate surface area is 100 Å². The molecular weight excluding hydrogens is 196 g/mol. The van der Waals surface area contributed by atoms with Crippen LogP contribution in [0.1, 0.15) is 57.4 Å². The third kappa shape index (κ3) is 2.47. The van der Waals surface area contributed by atoms with E-state index < -0.39 is 0 Å². The molecule has 16 heavy (non-hydrogen) atoms. The summed E-state index contributed by atoms with van der Waals surface area (Å²) in [4.78, 5) is 0. The highest BCUT2D eigenvalue weighted by Gasteiger charge is 2.26. The Morgan fingerprint density at radius 3 is 2.00 bits per heavy atom. The Morgan fingerprint density at radius 1 is 1.19 bits per heavy atom. The molecule has 2 nitrogen and oxygen atoms in total. The summed E-state index contributed by atoms with van der Waals surface area (Å²) in [5.41, 5.74) is 3.16. The van der Waals surface area contributed by atoms with Crippen LogP contribution in [0.4, 0.5) is 0 Å². The van der Waals surface area contributed by atoms with Gasteiger partial charge >= 0.3 is 0 Å². The van der Waals surface area contributed by atoms with Crippen molar-refractivity contribution in [2.75, 3.05) is 0 Å². The Balaban J connectivity index is 3.09. The maximum Gasteiger partial charge on any atom is 0.253 e. The zero-order valence-electron chi connectivity index (χ0n) is 12.2. The minimum absolute atomic E-state index is 0.384. The quantitative estimate of drug-likeness (QED) is 0.681. The van der Waals surface area contributed by atoms with Crippen molar-refractivity contribution in [3.05, 3.63) is 17.2 Å². The first-order valence-electron chi connectivity index (χ1n) is 6.19. The van der Waals surface area contributed by atoms with Crippen LogP contribution in [0, 0.1) is 26.2 Å². The summed E-state index contributed by atoms with van der Waals surface area (Å²) in [5.74, 6) is 1.35. The first-order chi connectivity index (χ1) is 7.15. The molecule has 1 unspecified atom stereocenters. The molecule has 0 aliphatic heterocycles. The van der Waals surface area contributed by atoms with E-state index in [4.69, 9.17) is 0 Å². The highest BCUT2D eigenvalue weighted by molar-refractivity contribution is 5.08. The number of hydrogen-bond donors (Lipinski definition) is 0. The standard InChI is InChI=1S/C14H27N2/c1-10(9-14(5,6)7)16-12(3)11(2)15(8)13(16)4/h10H,9H2,1-8H3/q+1. The van der Waals surface area contributed by atoms with Crippen molar-refractivity contribution >= 4 is 0 Å². The Morgan fingerprint density at radius 2 is 1.69 bits per heavy atom. The molecule has 1 heterocycles. The lowest BCUT2D eigenvalue weighted by molar-refractivity contribution is -0.683. The van der Waals surface area contributed by atoms with Gasteiger partial charge in [0.15, 0.2) is 0 Å². The van der Waals surface area contributed by atoms with Gasteiger partial charge < -0.3 is 0 Å². The molecule has 0 aliphatic carbocycles. The van der Waals surface area contributed by atoms with Crippen LogP contribution in [0.3, 0.4) is 0 Å². The molecular formula is C14H27N2+. The fraction of sp³-hybridized carbons (Fsp3) is 0.786. The van der Waals surface area contributed by atoms with E-state index in [0.29, 0.717) is 11.5 Å². The van der Waals surface area contributed by atoms with E-state index in [1.54, 1.807) is 0 Å². The first-order valence-corrected chi connectivity index (χ1v) is 6.19. The lowest BCUT2D eigenvalue weighted by atomic mass is 9.88. The average Bonchev–Trinajstić information content (AvgIpc) is 2.28. The van der Waals surface area contributed by atoms with E-state index in [1.807, 2.05) is 0 Å². The van der Waals surface area contributed by atoms with Gasteiger partial charge in [-0.2, -0.15) is 0 Å². The molecule has 0 radical (unpaired) electrons. The first kappa shape index (κ1) is 13.3. The average molecular weight is 223 g/mol. The molecule has 0 amide bonds. The van der Waals surface area contributed by atoms with Crippen molar-refractivity contribution in [3.8, 4) is 0 Å². The van der Waals surface area contributed by atoms with Crippen LogP contribution < -0.4 is 4.57 Å². The second-order valence-electron chi connectivity index (χ2n) is 6.26. The van der Waals surface area contributed by atoms with Crippen molar-refractivity contribution in [3.63, 3.8) is 0 Å². The number of rotatable bonds is 2. The van der Waals surface area contributed by atoms with Gasteiger partial charge in [0, 0.05) is 20.8 Å². The molecule has 0 aromatic carbocycles. The summed E-state index contributed by atoms with van der Waals surface area (Å²) in [6, 6.07) is 0.569. The summed E-state index contributed by atoms with van der Waals surface area (Å²) in [7, 11) is 2.15. The Kier molecular flexibility index (Phi) is 3.51. The highest BCUT2D eigenvalue weighted by Crippen LogP contribution is 2.29. The maximum absolute atomic E-state index is 2.47. The summed E-state index contributed by atoms with van der Waals surface area (Å²) < 4.78 is 4.76. The SMILES string of the molecule is Cc1c(C)[n+](C)c(C)n1C(C)CC(C)(C)C. The number of aromatic nitrogens is 2. The van der Waals surface area contributed by atoms with E-state index in [9.17, 15) is 0 Å². The molecule has 2 heteroatoms. The third-order valence-corrected chi connectivity index (χ3v) is 3.57. The molecule has 0 spiro atoms. The minimum atomic E-state index is 0.384. The zero-order chi connectivity index (χ0) is 12.7. The number of nitrogens with zero attached hydrogens (tertiary/aromatic N) is 2. The third-order valence-electron chi connectivity index (χ3n) is 3.57. The maximum atomic E-state index is 2.47. The fourth-order valence-corrected chi connectivity index (χ4v) is 2.69. The predicted octanol–water partition coefficient (Wildman–Crippen LogP) is 3.24. The zero-order valence-corrected chi connectivity index (χ0v) is 12.2.